The van der Waals surface area contributed by atoms with Gasteiger partial charge in [-0.25, -0.2) is 15.0 Å². The number of fused-ring (bicyclic) bond motifs is 1. The number of imidazole rings is 1. The van der Waals surface area contributed by atoms with Crippen molar-refractivity contribution in [3.63, 3.8) is 0 Å². The van der Waals surface area contributed by atoms with Gasteiger partial charge in [-0.3, -0.25) is 4.57 Å². The Morgan fingerprint density at radius 3 is 2.67 bits per heavy atom. The molecular formula is C15H14N6. The number of aryl methyl sites for hydroxylation is 1. The number of pyridine rings is 2. The Morgan fingerprint density at radius 2 is 2.05 bits per heavy atom. The van der Waals surface area contributed by atoms with Crippen LogP contribution in [0.25, 0.3) is 17.0 Å². The van der Waals surface area contributed by atoms with E-state index in [2.05, 4.69) is 21.0 Å². The fourth-order valence-corrected chi connectivity index (χ4v) is 2.19. The molecule has 1 atom stereocenters. The van der Waals surface area contributed by atoms with Crippen molar-refractivity contribution in [2.45, 2.75) is 19.9 Å². The first kappa shape index (κ1) is 13.2. The molecule has 0 radical (unpaired) electrons. The van der Waals surface area contributed by atoms with E-state index < -0.39 is 0 Å². The van der Waals surface area contributed by atoms with Gasteiger partial charge in [-0.1, -0.05) is 0 Å². The zero-order chi connectivity index (χ0) is 15.0. The summed E-state index contributed by atoms with van der Waals surface area (Å²) >= 11 is 0. The molecule has 1 unspecified atom stereocenters. The van der Waals surface area contributed by atoms with Gasteiger partial charge in [-0.05, 0) is 38.1 Å². The van der Waals surface area contributed by atoms with Crippen LogP contribution in [0.3, 0.4) is 0 Å². The second-order valence-electron chi connectivity index (χ2n) is 4.91. The first-order valence-electron chi connectivity index (χ1n) is 6.58. The first-order chi connectivity index (χ1) is 10.1. The molecule has 0 amide bonds. The molecule has 21 heavy (non-hydrogen) atoms. The Labute approximate surface area is 121 Å². The predicted molar refractivity (Wildman–Crippen MR) is 78.7 cm³/mol. The summed E-state index contributed by atoms with van der Waals surface area (Å²) in [6.45, 7) is 3.79. The second kappa shape index (κ2) is 4.96. The van der Waals surface area contributed by atoms with Crippen LogP contribution < -0.4 is 5.73 Å². The van der Waals surface area contributed by atoms with E-state index >= 15 is 0 Å². The summed E-state index contributed by atoms with van der Waals surface area (Å²) in [6, 6.07) is 9.13. The van der Waals surface area contributed by atoms with Crippen molar-refractivity contribution in [1.82, 2.24) is 19.5 Å². The topological polar surface area (TPSA) is 93.4 Å². The molecule has 0 aromatic carbocycles. The molecule has 0 aliphatic carbocycles. The minimum absolute atomic E-state index is 0.253. The predicted octanol–water partition coefficient (Wildman–Crippen LogP) is 2.02. The van der Waals surface area contributed by atoms with E-state index in [1.807, 2.05) is 30.5 Å². The third kappa shape index (κ3) is 2.24. The van der Waals surface area contributed by atoms with Crippen molar-refractivity contribution in [1.29, 1.82) is 5.26 Å². The first-order valence-corrected chi connectivity index (χ1v) is 6.58. The maximum atomic E-state index is 8.87. The van der Waals surface area contributed by atoms with Crippen LogP contribution in [-0.4, -0.2) is 19.5 Å². The molecule has 6 heteroatoms. The maximum absolute atomic E-state index is 8.87. The third-order valence-corrected chi connectivity index (χ3v) is 3.18. The van der Waals surface area contributed by atoms with Crippen LogP contribution in [0.2, 0.25) is 0 Å². The molecule has 104 valence electrons. The van der Waals surface area contributed by atoms with E-state index in [9.17, 15) is 0 Å². The highest BCUT2D eigenvalue weighted by Crippen LogP contribution is 2.22. The van der Waals surface area contributed by atoms with Crippen molar-refractivity contribution in [2.24, 2.45) is 5.73 Å². The monoisotopic (exact) mass is 278 g/mol. The maximum Gasteiger partial charge on any atom is 0.166 e. The van der Waals surface area contributed by atoms with Crippen LogP contribution in [-0.2, 0) is 0 Å². The van der Waals surface area contributed by atoms with Gasteiger partial charge in [0.05, 0.1) is 11.6 Å². The Hall–Kier alpha value is -2.78. The largest absolute Gasteiger partial charge is 0.322 e. The molecular weight excluding hydrogens is 264 g/mol. The van der Waals surface area contributed by atoms with Crippen LogP contribution in [0.4, 0.5) is 0 Å². The van der Waals surface area contributed by atoms with E-state index in [4.69, 9.17) is 11.0 Å². The normalized spacial score (nSPS) is 12.3. The summed E-state index contributed by atoms with van der Waals surface area (Å²) in [5, 5.41) is 8.87. The van der Waals surface area contributed by atoms with Crippen molar-refractivity contribution in [3.05, 3.63) is 47.5 Å². The molecule has 0 bridgehead atoms. The number of hydrogen-bond acceptors (Lipinski definition) is 5. The molecule has 3 aromatic rings. The van der Waals surface area contributed by atoms with Gasteiger partial charge in [0.25, 0.3) is 0 Å². The Kier molecular flexibility index (Phi) is 3.12. The van der Waals surface area contributed by atoms with Crippen molar-refractivity contribution in [2.75, 3.05) is 0 Å². The summed E-state index contributed by atoms with van der Waals surface area (Å²) in [6.07, 6.45) is 1.53. The SMILES string of the molecule is Cc1ccc2nc(C(C)N)n(-c3ccc(C#N)cn3)c2n1. The quantitative estimate of drug-likeness (QED) is 0.774. The van der Waals surface area contributed by atoms with E-state index in [1.165, 1.54) is 6.20 Å². The van der Waals surface area contributed by atoms with E-state index in [1.54, 1.807) is 12.1 Å². The summed E-state index contributed by atoms with van der Waals surface area (Å²) in [7, 11) is 0. The lowest BCUT2D eigenvalue weighted by molar-refractivity contribution is 0.719. The van der Waals surface area contributed by atoms with Crippen LogP contribution in [0.1, 0.15) is 30.0 Å². The number of nitrogens with zero attached hydrogens (tertiary/aromatic N) is 5. The van der Waals surface area contributed by atoms with Gasteiger partial charge in [0.15, 0.2) is 5.65 Å². The standard InChI is InChI=1S/C15H14N6/c1-9-3-5-12-15(19-9)21(14(20-12)10(2)17)13-6-4-11(7-16)8-18-13/h3-6,8,10H,17H2,1-2H3. The average molecular weight is 278 g/mol. The van der Waals surface area contributed by atoms with Crippen LogP contribution >= 0.6 is 0 Å². The highest BCUT2D eigenvalue weighted by atomic mass is 15.2. The van der Waals surface area contributed by atoms with Gasteiger partial charge >= 0.3 is 0 Å². The summed E-state index contributed by atoms with van der Waals surface area (Å²) < 4.78 is 1.84. The average Bonchev–Trinajstić information content (AvgIpc) is 2.86. The lowest BCUT2D eigenvalue weighted by Crippen LogP contribution is -2.13. The summed E-state index contributed by atoms with van der Waals surface area (Å²) in [5.74, 6) is 1.35. The van der Waals surface area contributed by atoms with E-state index in [-0.39, 0.29) is 6.04 Å². The van der Waals surface area contributed by atoms with Crippen molar-refractivity contribution in [3.8, 4) is 11.9 Å². The molecule has 0 spiro atoms. The lowest BCUT2D eigenvalue weighted by Gasteiger charge is -2.10. The smallest absolute Gasteiger partial charge is 0.166 e. The Morgan fingerprint density at radius 1 is 1.24 bits per heavy atom. The number of nitriles is 1. The number of hydrogen-bond donors (Lipinski definition) is 1. The summed E-state index contributed by atoms with van der Waals surface area (Å²) in [5.41, 5.74) is 8.92. The van der Waals surface area contributed by atoms with Gasteiger partial charge in [-0.15, -0.1) is 0 Å². The molecule has 3 heterocycles. The molecule has 0 saturated carbocycles. The van der Waals surface area contributed by atoms with Gasteiger partial charge in [-0.2, -0.15) is 5.26 Å². The number of nitrogens with two attached hydrogens (primary N) is 1. The van der Waals surface area contributed by atoms with Crippen LogP contribution in [0.5, 0.6) is 0 Å². The van der Waals surface area contributed by atoms with E-state index in [0.717, 1.165) is 16.9 Å². The molecule has 0 aliphatic heterocycles. The van der Waals surface area contributed by atoms with Gasteiger partial charge in [0.1, 0.15) is 23.2 Å². The third-order valence-electron chi connectivity index (χ3n) is 3.18. The Bertz CT molecular complexity index is 839. The molecule has 2 N–H and O–H groups in total. The molecule has 6 nitrogen and oxygen atoms in total. The van der Waals surface area contributed by atoms with Crippen LogP contribution in [0, 0.1) is 18.3 Å². The fraction of sp³-hybridized carbons (Fsp3) is 0.200. The van der Waals surface area contributed by atoms with Crippen molar-refractivity contribution < 1.29 is 0 Å². The van der Waals surface area contributed by atoms with Gasteiger partial charge < -0.3 is 5.73 Å². The lowest BCUT2D eigenvalue weighted by atomic mass is 10.3. The molecule has 0 saturated heterocycles. The molecule has 0 aliphatic rings. The second-order valence-corrected chi connectivity index (χ2v) is 4.91. The van der Waals surface area contributed by atoms with Gasteiger partial charge in [0, 0.05) is 11.9 Å². The Balaban J connectivity index is 2.30. The van der Waals surface area contributed by atoms with Crippen LogP contribution in [0.15, 0.2) is 30.5 Å². The summed E-state index contributed by atoms with van der Waals surface area (Å²) in [4.78, 5) is 13.4. The highest BCUT2D eigenvalue weighted by Gasteiger charge is 2.17. The number of rotatable bonds is 2. The highest BCUT2D eigenvalue weighted by molar-refractivity contribution is 5.74. The molecule has 3 aromatic heterocycles. The zero-order valence-electron chi connectivity index (χ0n) is 11.8. The van der Waals surface area contributed by atoms with E-state index in [0.29, 0.717) is 17.2 Å². The number of aromatic nitrogens is 4. The molecule has 3 rings (SSSR count). The van der Waals surface area contributed by atoms with Gasteiger partial charge in [0.2, 0.25) is 0 Å². The fourth-order valence-electron chi connectivity index (χ4n) is 2.19. The van der Waals surface area contributed by atoms with Crippen molar-refractivity contribution >= 4 is 11.2 Å². The minimum atomic E-state index is -0.253. The minimum Gasteiger partial charge on any atom is -0.322 e. The zero-order valence-corrected chi connectivity index (χ0v) is 11.8. The molecule has 0 fully saturated rings.